The molecule has 1 aliphatic rings. The van der Waals surface area contributed by atoms with E-state index in [-0.39, 0.29) is 17.4 Å². The molecule has 0 spiro atoms. The Balaban J connectivity index is 1.40. The molecule has 0 saturated heterocycles. The zero-order chi connectivity index (χ0) is 27.7. The highest BCUT2D eigenvalue weighted by Crippen LogP contribution is 2.39. The van der Waals surface area contributed by atoms with Crippen LogP contribution in [0.2, 0.25) is 0 Å². The Morgan fingerprint density at radius 3 is 2.72 bits per heavy atom. The van der Waals surface area contributed by atoms with E-state index in [4.69, 9.17) is 4.98 Å². The van der Waals surface area contributed by atoms with E-state index in [2.05, 4.69) is 78.1 Å². The minimum atomic E-state index is -0.0727. The normalized spacial score (nSPS) is 15.0. The average Bonchev–Trinajstić information content (AvgIpc) is 3.64. The Hall–Kier alpha value is -3.59. The van der Waals surface area contributed by atoms with E-state index >= 15 is 0 Å². The Labute approximate surface area is 234 Å². The third-order valence-electron chi connectivity index (χ3n) is 7.04. The van der Waals surface area contributed by atoms with Gasteiger partial charge in [0.2, 0.25) is 5.95 Å². The molecule has 0 fully saturated rings. The van der Waals surface area contributed by atoms with E-state index in [0.717, 1.165) is 52.6 Å². The average molecular weight is 544 g/mol. The highest BCUT2D eigenvalue weighted by atomic mass is 32.1. The lowest BCUT2D eigenvalue weighted by Crippen LogP contribution is -2.35. The number of fused-ring (bicyclic) bond motifs is 1. The van der Waals surface area contributed by atoms with Crippen molar-refractivity contribution in [1.29, 1.82) is 0 Å². The van der Waals surface area contributed by atoms with Gasteiger partial charge in [-0.15, -0.1) is 11.3 Å². The number of hydrogen-bond donors (Lipinski definition) is 1. The SMILES string of the molecule is CC(C)CCN(C(=O)c1cnc(C(C)(C)C)s1)C1CCc2cc(-c3ccnc(Nc4cnn(C)c4)n3)ccc21. The molecule has 9 heteroatoms. The lowest BCUT2D eigenvalue weighted by Gasteiger charge is -2.30. The molecular weight excluding hydrogens is 506 g/mol. The summed E-state index contributed by atoms with van der Waals surface area (Å²) in [5.41, 5.74) is 5.18. The first-order valence-corrected chi connectivity index (χ1v) is 14.4. The van der Waals surface area contributed by atoms with Gasteiger partial charge in [0.1, 0.15) is 4.88 Å². The molecule has 1 aromatic carbocycles. The van der Waals surface area contributed by atoms with E-state index in [9.17, 15) is 4.79 Å². The van der Waals surface area contributed by atoms with E-state index in [1.807, 2.05) is 19.3 Å². The number of benzene rings is 1. The second-order valence-corrected chi connectivity index (χ2v) is 12.8. The van der Waals surface area contributed by atoms with Crippen LogP contribution in [0.3, 0.4) is 0 Å². The predicted molar refractivity (Wildman–Crippen MR) is 156 cm³/mol. The van der Waals surface area contributed by atoms with Gasteiger partial charge in [0.05, 0.1) is 34.8 Å². The van der Waals surface area contributed by atoms with Crippen molar-refractivity contribution in [2.75, 3.05) is 11.9 Å². The molecule has 1 amide bonds. The van der Waals surface area contributed by atoms with Gasteiger partial charge >= 0.3 is 0 Å². The number of thiazole rings is 1. The number of nitrogens with one attached hydrogen (secondary N) is 1. The maximum Gasteiger partial charge on any atom is 0.266 e. The number of aromatic nitrogens is 5. The van der Waals surface area contributed by atoms with Gasteiger partial charge in [-0.3, -0.25) is 9.48 Å². The molecule has 0 radical (unpaired) electrons. The quantitative estimate of drug-likeness (QED) is 0.271. The zero-order valence-corrected chi connectivity index (χ0v) is 24.4. The second kappa shape index (κ2) is 10.9. The van der Waals surface area contributed by atoms with Crippen molar-refractivity contribution in [2.24, 2.45) is 13.0 Å². The lowest BCUT2D eigenvalue weighted by molar-refractivity contribution is 0.0670. The molecule has 8 nitrogen and oxygen atoms in total. The summed E-state index contributed by atoms with van der Waals surface area (Å²) in [6, 6.07) is 8.51. The topological polar surface area (TPSA) is 88.8 Å². The monoisotopic (exact) mass is 543 g/mol. The number of aryl methyl sites for hydroxylation is 2. The number of amides is 1. The van der Waals surface area contributed by atoms with Crippen LogP contribution in [0, 0.1) is 5.92 Å². The fourth-order valence-corrected chi connectivity index (χ4v) is 5.86. The van der Waals surface area contributed by atoms with Crippen molar-refractivity contribution in [3.05, 3.63) is 70.1 Å². The van der Waals surface area contributed by atoms with E-state index in [1.165, 1.54) is 22.5 Å². The Morgan fingerprint density at radius 1 is 1.21 bits per heavy atom. The van der Waals surface area contributed by atoms with E-state index in [0.29, 0.717) is 11.9 Å². The summed E-state index contributed by atoms with van der Waals surface area (Å²) in [6.07, 6.45) is 9.98. The van der Waals surface area contributed by atoms with Crippen LogP contribution in [0.1, 0.15) is 79.3 Å². The number of carbonyl (C=O) groups excluding carboxylic acids is 1. The van der Waals surface area contributed by atoms with Gasteiger partial charge in [-0.05, 0) is 48.4 Å². The predicted octanol–water partition coefficient (Wildman–Crippen LogP) is 6.55. The number of anilines is 2. The number of nitrogens with zero attached hydrogens (tertiary/aromatic N) is 6. The van der Waals surface area contributed by atoms with Crippen molar-refractivity contribution in [3.63, 3.8) is 0 Å². The molecule has 0 bridgehead atoms. The van der Waals surface area contributed by atoms with Gasteiger partial charge in [-0.25, -0.2) is 15.0 Å². The van der Waals surface area contributed by atoms with Gasteiger partial charge in [0, 0.05) is 37.0 Å². The van der Waals surface area contributed by atoms with Crippen LogP contribution in [0.25, 0.3) is 11.3 Å². The summed E-state index contributed by atoms with van der Waals surface area (Å²) in [5, 5.41) is 8.40. The summed E-state index contributed by atoms with van der Waals surface area (Å²) in [4.78, 5) is 30.3. The van der Waals surface area contributed by atoms with E-state index < -0.39 is 0 Å². The molecular formula is C30H37N7OS. The fraction of sp³-hybridized carbons (Fsp3) is 0.433. The largest absolute Gasteiger partial charge is 0.331 e. The van der Waals surface area contributed by atoms with Crippen molar-refractivity contribution >= 4 is 28.9 Å². The first-order valence-electron chi connectivity index (χ1n) is 13.6. The zero-order valence-electron chi connectivity index (χ0n) is 23.6. The number of hydrogen-bond acceptors (Lipinski definition) is 7. The van der Waals surface area contributed by atoms with Gasteiger partial charge in [-0.2, -0.15) is 5.10 Å². The van der Waals surface area contributed by atoms with Crippen molar-refractivity contribution < 1.29 is 4.79 Å². The highest BCUT2D eigenvalue weighted by molar-refractivity contribution is 7.13. The molecule has 4 aromatic rings. The molecule has 1 N–H and O–H groups in total. The van der Waals surface area contributed by atoms with Gasteiger partial charge in [-0.1, -0.05) is 46.8 Å². The first-order chi connectivity index (χ1) is 18.6. The summed E-state index contributed by atoms with van der Waals surface area (Å²) in [5.74, 6) is 1.14. The molecule has 1 aliphatic carbocycles. The highest BCUT2D eigenvalue weighted by Gasteiger charge is 2.33. The van der Waals surface area contributed by atoms with Crippen LogP contribution in [0.15, 0.2) is 49.1 Å². The van der Waals surface area contributed by atoms with Crippen molar-refractivity contribution in [1.82, 2.24) is 29.6 Å². The second-order valence-electron chi connectivity index (χ2n) is 11.7. The molecule has 3 aromatic heterocycles. The number of rotatable bonds is 8. The van der Waals surface area contributed by atoms with Crippen LogP contribution in [0.5, 0.6) is 0 Å². The van der Waals surface area contributed by atoms with Gasteiger partial charge in [0.15, 0.2) is 0 Å². The molecule has 0 aliphatic heterocycles. The Bertz CT molecular complexity index is 1470. The number of carbonyl (C=O) groups is 1. The molecule has 204 valence electrons. The van der Waals surface area contributed by atoms with Gasteiger partial charge in [0.25, 0.3) is 5.91 Å². The molecule has 0 saturated carbocycles. The van der Waals surface area contributed by atoms with Gasteiger partial charge < -0.3 is 10.2 Å². The van der Waals surface area contributed by atoms with Crippen LogP contribution < -0.4 is 5.32 Å². The standard InChI is InChI=1S/C30H37N7OS/c1-19(2)12-14-37(27(38)26-17-32-28(39-26)30(3,4)5)25-10-8-20-15-21(7-9-23(20)25)24-11-13-31-29(35-24)34-22-16-33-36(6)18-22/h7,9,11,13,15-19,25H,8,10,12,14H2,1-6H3,(H,31,34,35). The molecule has 3 heterocycles. The Morgan fingerprint density at radius 2 is 2.03 bits per heavy atom. The first kappa shape index (κ1) is 27.0. The van der Waals surface area contributed by atoms with Crippen molar-refractivity contribution in [3.8, 4) is 11.3 Å². The lowest BCUT2D eigenvalue weighted by atomic mass is 9.98. The van der Waals surface area contributed by atoms with Crippen LogP contribution in [-0.2, 0) is 18.9 Å². The van der Waals surface area contributed by atoms with Crippen LogP contribution >= 0.6 is 11.3 Å². The summed E-state index contributed by atoms with van der Waals surface area (Å²) in [6.45, 7) is 11.6. The molecule has 39 heavy (non-hydrogen) atoms. The minimum Gasteiger partial charge on any atom is -0.331 e. The van der Waals surface area contributed by atoms with Crippen LogP contribution in [0.4, 0.5) is 11.6 Å². The van der Waals surface area contributed by atoms with Crippen molar-refractivity contribution in [2.45, 2.75) is 65.3 Å². The summed E-state index contributed by atoms with van der Waals surface area (Å²) < 4.78 is 1.73. The Kier molecular flexibility index (Phi) is 7.53. The maximum absolute atomic E-state index is 13.8. The minimum absolute atomic E-state index is 0.0636. The molecule has 1 atom stereocenters. The summed E-state index contributed by atoms with van der Waals surface area (Å²) >= 11 is 1.53. The smallest absolute Gasteiger partial charge is 0.266 e. The molecule has 5 rings (SSSR count). The molecule has 1 unspecified atom stereocenters. The van der Waals surface area contributed by atoms with E-state index in [1.54, 1.807) is 23.3 Å². The third-order valence-corrected chi connectivity index (χ3v) is 8.46. The fourth-order valence-electron chi connectivity index (χ4n) is 4.93. The van der Waals surface area contributed by atoms with Crippen LogP contribution in [-0.4, -0.2) is 42.1 Å². The third kappa shape index (κ3) is 6.03. The summed E-state index contributed by atoms with van der Waals surface area (Å²) in [7, 11) is 1.87. The maximum atomic E-state index is 13.8.